The number of halogens is 1. The molecule has 5 nitrogen and oxygen atoms in total. The molecule has 0 saturated carbocycles. The maximum absolute atomic E-state index is 6.40. The number of anilines is 1. The van der Waals surface area contributed by atoms with E-state index in [1.807, 2.05) is 6.92 Å². The fourth-order valence-electron chi connectivity index (χ4n) is 2.05. The van der Waals surface area contributed by atoms with Crippen molar-refractivity contribution >= 4 is 23.2 Å². The first kappa shape index (κ1) is 13.1. The lowest BCUT2D eigenvalue weighted by Gasteiger charge is -2.25. The molecule has 0 radical (unpaired) electrons. The summed E-state index contributed by atoms with van der Waals surface area (Å²) in [7, 11) is 0. The second-order valence-corrected chi connectivity index (χ2v) is 4.67. The van der Waals surface area contributed by atoms with Crippen molar-refractivity contribution in [2.24, 2.45) is 0 Å². The Morgan fingerprint density at radius 1 is 1.28 bits per heavy atom. The normalized spacial score (nSPS) is 11.1. The second kappa shape index (κ2) is 5.52. The Labute approximate surface area is 112 Å². The van der Waals surface area contributed by atoms with E-state index in [9.17, 15) is 0 Å². The Bertz CT molecular complexity index is 530. The molecule has 0 amide bonds. The Morgan fingerprint density at radius 2 is 1.94 bits per heavy atom. The molecule has 0 aliphatic carbocycles. The zero-order valence-electron chi connectivity index (χ0n) is 11.0. The molecule has 0 fully saturated rings. The van der Waals surface area contributed by atoms with Crippen molar-refractivity contribution in [3.8, 4) is 0 Å². The van der Waals surface area contributed by atoms with Crippen LogP contribution in [0.5, 0.6) is 0 Å². The zero-order valence-corrected chi connectivity index (χ0v) is 11.8. The second-order valence-electron chi connectivity index (χ2n) is 4.29. The summed E-state index contributed by atoms with van der Waals surface area (Å²) in [5, 5.41) is 4.88. The molecule has 2 heterocycles. The van der Waals surface area contributed by atoms with Gasteiger partial charge in [0, 0.05) is 13.1 Å². The van der Waals surface area contributed by atoms with E-state index in [2.05, 4.69) is 33.8 Å². The van der Waals surface area contributed by atoms with E-state index < -0.39 is 0 Å². The third-order valence-corrected chi connectivity index (χ3v) is 3.24. The third-order valence-electron chi connectivity index (χ3n) is 2.80. The molecule has 0 saturated heterocycles. The average Bonchev–Trinajstić information content (AvgIpc) is 2.78. The van der Waals surface area contributed by atoms with Crippen LogP contribution in [0.4, 0.5) is 5.82 Å². The monoisotopic (exact) mass is 267 g/mol. The van der Waals surface area contributed by atoms with Gasteiger partial charge in [-0.1, -0.05) is 25.4 Å². The van der Waals surface area contributed by atoms with Gasteiger partial charge in [0.1, 0.15) is 11.3 Å². The van der Waals surface area contributed by atoms with Gasteiger partial charge in [0.2, 0.25) is 0 Å². The molecule has 98 valence electrons. The van der Waals surface area contributed by atoms with E-state index in [0.717, 1.165) is 37.4 Å². The van der Waals surface area contributed by atoms with Crippen molar-refractivity contribution < 1.29 is 0 Å². The van der Waals surface area contributed by atoms with Crippen molar-refractivity contribution in [3.05, 3.63) is 17.0 Å². The van der Waals surface area contributed by atoms with Crippen molar-refractivity contribution in [2.75, 3.05) is 18.0 Å². The summed E-state index contributed by atoms with van der Waals surface area (Å²) in [4.78, 5) is 10.7. The number of rotatable bonds is 5. The lowest BCUT2D eigenvalue weighted by atomic mass is 10.3. The highest BCUT2D eigenvalue weighted by atomic mass is 35.5. The van der Waals surface area contributed by atoms with Crippen LogP contribution in [0, 0.1) is 6.92 Å². The smallest absolute Gasteiger partial charge is 0.254 e. The standard InChI is InChI=1S/C12H18ClN5/c1-4-6-17(7-5-2)11-10(13)9(3)16-12-14-8-15-18(11)12/h8H,4-7H2,1-3H3. The van der Waals surface area contributed by atoms with Crippen LogP contribution in [0.15, 0.2) is 6.33 Å². The fourth-order valence-corrected chi connectivity index (χ4v) is 2.29. The Kier molecular flexibility index (Phi) is 4.01. The molecule has 0 N–H and O–H groups in total. The minimum absolute atomic E-state index is 0.601. The zero-order chi connectivity index (χ0) is 13.1. The lowest BCUT2D eigenvalue weighted by molar-refractivity contribution is 0.714. The molecule has 0 unspecified atom stereocenters. The summed E-state index contributed by atoms with van der Waals surface area (Å²) in [5.41, 5.74) is 0.796. The van der Waals surface area contributed by atoms with Crippen LogP contribution in [0.2, 0.25) is 5.02 Å². The fraction of sp³-hybridized carbons (Fsp3) is 0.583. The number of hydrogen-bond donors (Lipinski definition) is 0. The molecule has 18 heavy (non-hydrogen) atoms. The summed E-state index contributed by atoms with van der Waals surface area (Å²) < 4.78 is 1.72. The van der Waals surface area contributed by atoms with Gasteiger partial charge in [-0.05, 0) is 19.8 Å². The van der Waals surface area contributed by atoms with E-state index in [0.29, 0.717) is 10.8 Å². The summed E-state index contributed by atoms with van der Waals surface area (Å²) in [6.07, 6.45) is 3.64. The molecule has 6 heteroatoms. The average molecular weight is 268 g/mol. The van der Waals surface area contributed by atoms with Crippen molar-refractivity contribution in [3.63, 3.8) is 0 Å². The van der Waals surface area contributed by atoms with E-state index in [1.165, 1.54) is 6.33 Å². The number of nitrogens with zero attached hydrogens (tertiary/aromatic N) is 5. The third kappa shape index (κ3) is 2.27. The highest BCUT2D eigenvalue weighted by molar-refractivity contribution is 6.33. The van der Waals surface area contributed by atoms with E-state index in [1.54, 1.807) is 4.52 Å². The number of hydrogen-bond acceptors (Lipinski definition) is 4. The lowest BCUT2D eigenvalue weighted by Crippen LogP contribution is -2.28. The summed E-state index contributed by atoms with van der Waals surface area (Å²) >= 11 is 6.40. The minimum atomic E-state index is 0.601. The molecular formula is C12H18ClN5. The molecular weight excluding hydrogens is 250 g/mol. The molecule has 0 spiro atoms. The van der Waals surface area contributed by atoms with Gasteiger partial charge in [0.05, 0.1) is 5.69 Å². The van der Waals surface area contributed by atoms with Gasteiger partial charge in [-0.25, -0.2) is 4.98 Å². The number of aryl methyl sites for hydroxylation is 1. The predicted molar refractivity (Wildman–Crippen MR) is 73.3 cm³/mol. The maximum Gasteiger partial charge on any atom is 0.254 e. The van der Waals surface area contributed by atoms with Crippen LogP contribution >= 0.6 is 11.6 Å². The molecule has 2 rings (SSSR count). The van der Waals surface area contributed by atoms with Crippen LogP contribution in [0.25, 0.3) is 5.78 Å². The Morgan fingerprint density at radius 3 is 2.56 bits per heavy atom. The van der Waals surface area contributed by atoms with Crippen molar-refractivity contribution in [1.29, 1.82) is 0 Å². The summed E-state index contributed by atoms with van der Waals surface area (Å²) in [6.45, 7) is 8.11. The van der Waals surface area contributed by atoms with Crippen LogP contribution in [-0.2, 0) is 0 Å². The van der Waals surface area contributed by atoms with Crippen LogP contribution < -0.4 is 4.90 Å². The Balaban J connectivity index is 2.58. The van der Waals surface area contributed by atoms with E-state index in [-0.39, 0.29) is 0 Å². The quantitative estimate of drug-likeness (QED) is 0.836. The largest absolute Gasteiger partial charge is 0.355 e. The number of fused-ring (bicyclic) bond motifs is 1. The molecule has 2 aromatic rings. The van der Waals surface area contributed by atoms with Crippen molar-refractivity contribution in [1.82, 2.24) is 19.6 Å². The molecule has 0 bridgehead atoms. The van der Waals surface area contributed by atoms with Gasteiger partial charge in [0.15, 0.2) is 5.82 Å². The van der Waals surface area contributed by atoms with Crippen LogP contribution in [0.1, 0.15) is 32.4 Å². The highest BCUT2D eigenvalue weighted by Crippen LogP contribution is 2.28. The highest BCUT2D eigenvalue weighted by Gasteiger charge is 2.17. The van der Waals surface area contributed by atoms with Gasteiger partial charge in [0.25, 0.3) is 5.78 Å². The molecule has 2 aromatic heterocycles. The molecule has 0 aromatic carbocycles. The van der Waals surface area contributed by atoms with Gasteiger partial charge < -0.3 is 4.90 Å². The van der Waals surface area contributed by atoms with E-state index in [4.69, 9.17) is 11.6 Å². The molecule has 0 atom stereocenters. The minimum Gasteiger partial charge on any atom is -0.355 e. The van der Waals surface area contributed by atoms with Gasteiger partial charge in [-0.15, -0.1) is 0 Å². The topological polar surface area (TPSA) is 46.3 Å². The van der Waals surface area contributed by atoms with Gasteiger partial charge in [-0.3, -0.25) is 0 Å². The van der Waals surface area contributed by atoms with Gasteiger partial charge >= 0.3 is 0 Å². The predicted octanol–water partition coefficient (Wildman–Crippen LogP) is 2.71. The molecule has 0 aliphatic heterocycles. The SMILES string of the molecule is CCCN(CCC)c1c(Cl)c(C)nc2ncnn12. The summed E-state index contributed by atoms with van der Waals surface area (Å²) in [5.74, 6) is 1.50. The first-order valence-electron chi connectivity index (χ1n) is 6.29. The van der Waals surface area contributed by atoms with Crippen molar-refractivity contribution in [2.45, 2.75) is 33.6 Å². The maximum atomic E-state index is 6.40. The van der Waals surface area contributed by atoms with Crippen LogP contribution in [-0.4, -0.2) is 32.7 Å². The van der Waals surface area contributed by atoms with Crippen LogP contribution in [0.3, 0.4) is 0 Å². The first-order chi connectivity index (χ1) is 8.69. The first-order valence-corrected chi connectivity index (χ1v) is 6.67. The molecule has 0 aliphatic rings. The Hall–Kier alpha value is -1.36. The van der Waals surface area contributed by atoms with E-state index >= 15 is 0 Å². The van der Waals surface area contributed by atoms with Gasteiger partial charge in [-0.2, -0.15) is 14.6 Å². The summed E-state index contributed by atoms with van der Waals surface area (Å²) in [6, 6.07) is 0. The number of aromatic nitrogens is 4.